The first-order chi connectivity index (χ1) is 12.6. The van der Waals surface area contributed by atoms with Crippen LogP contribution in [0.4, 0.5) is 4.79 Å². The first-order valence-corrected chi connectivity index (χ1v) is 9.76. The van der Waals surface area contributed by atoms with E-state index in [-0.39, 0.29) is 12.1 Å². The molecule has 0 bridgehead atoms. The van der Waals surface area contributed by atoms with E-state index in [0.717, 1.165) is 36.5 Å². The van der Waals surface area contributed by atoms with Gasteiger partial charge in [-0.2, -0.15) is 0 Å². The van der Waals surface area contributed by atoms with Crippen molar-refractivity contribution in [3.8, 4) is 0 Å². The predicted molar refractivity (Wildman–Crippen MR) is 110 cm³/mol. The molecule has 2 aliphatic rings. The molecule has 1 unspecified atom stereocenters. The Kier molecular flexibility index (Phi) is 6.73. The minimum Gasteiger partial charge on any atom is -0.444 e. The van der Waals surface area contributed by atoms with Crippen molar-refractivity contribution in [2.24, 2.45) is 4.99 Å². The molecule has 0 aliphatic carbocycles. The minimum absolute atomic E-state index is 0.0863. The van der Waals surface area contributed by atoms with Crippen molar-refractivity contribution in [2.45, 2.75) is 66.5 Å². The number of aliphatic imine (C=N–C) groups is 1. The molecule has 27 heavy (non-hydrogen) atoms. The number of rotatable bonds is 3. The van der Waals surface area contributed by atoms with Gasteiger partial charge in [0.2, 0.25) is 0 Å². The van der Waals surface area contributed by atoms with Gasteiger partial charge in [0.1, 0.15) is 11.4 Å². The zero-order chi connectivity index (χ0) is 20.2. The molecule has 6 heteroatoms. The zero-order valence-electron chi connectivity index (χ0n) is 17.8. The summed E-state index contributed by atoms with van der Waals surface area (Å²) in [6.07, 6.45) is 6.67. The average Bonchev–Trinajstić information content (AvgIpc) is 2.93. The Hall–Kier alpha value is -2.24. The molecule has 150 valence electrons. The second kappa shape index (κ2) is 8.63. The first kappa shape index (κ1) is 21.1. The van der Waals surface area contributed by atoms with Gasteiger partial charge in [0.25, 0.3) is 0 Å². The summed E-state index contributed by atoms with van der Waals surface area (Å²) in [6, 6.07) is 0.0863. The molecule has 2 rings (SSSR count). The maximum atomic E-state index is 12.4. The van der Waals surface area contributed by atoms with Gasteiger partial charge in [-0.15, -0.1) is 0 Å². The van der Waals surface area contributed by atoms with Gasteiger partial charge in [0.15, 0.2) is 0 Å². The summed E-state index contributed by atoms with van der Waals surface area (Å²) in [7, 11) is 0. The molecule has 0 aromatic rings. The number of carbonyl (C=O) groups excluding carboxylic acids is 1. The Morgan fingerprint density at radius 2 is 2.11 bits per heavy atom. The summed E-state index contributed by atoms with van der Waals surface area (Å²) in [4.78, 5) is 21.1. The van der Waals surface area contributed by atoms with Gasteiger partial charge in [0, 0.05) is 43.1 Å². The molecular formula is C21H34N4O2. The number of nitrogens with zero attached hydrogens (tertiary/aromatic N) is 3. The van der Waals surface area contributed by atoms with E-state index in [2.05, 4.69) is 49.0 Å². The Morgan fingerprint density at radius 3 is 2.70 bits per heavy atom. The number of hydrogen-bond donors (Lipinski definition) is 1. The third-order valence-corrected chi connectivity index (χ3v) is 4.68. The number of amidine groups is 1. The summed E-state index contributed by atoms with van der Waals surface area (Å²) in [5.74, 6) is 0.886. The van der Waals surface area contributed by atoms with Crippen LogP contribution >= 0.6 is 0 Å². The van der Waals surface area contributed by atoms with E-state index in [1.165, 1.54) is 5.70 Å². The molecule has 1 fully saturated rings. The highest BCUT2D eigenvalue weighted by Crippen LogP contribution is 2.26. The lowest BCUT2D eigenvalue weighted by Gasteiger charge is -2.42. The van der Waals surface area contributed by atoms with Gasteiger partial charge in [-0.3, -0.25) is 0 Å². The highest BCUT2D eigenvalue weighted by atomic mass is 16.6. The molecule has 1 amide bonds. The Balaban J connectivity index is 2.10. The number of amides is 1. The molecule has 1 saturated heterocycles. The number of nitrogens with one attached hydrogen (secondary N) is 1. The van der Waals surface area contributed by atoms with Crippen LogP contribution in [0.5, 0.6) is 0 Å². The van der Waals surface area contributed by atoms with Crippen molar-refractivity contribution in [1.82, 2.24) is 15.1 Å². The SMILES string of the molecule is CC/C=C/NC1=NC=C(C)/C1=C(/C)N1CCN(C(=O)OC(C)(C)C)C(C)C1. The third kappa shape index (κ3) is 5.37. The van der Waals surface area contributed by atoms with Crippen LogP contribution in [0.2, 0.25) is 0 Å². The summed E-state index contributed by atoms with van der Waals surface area (Å²) in [5.41, 5.74) is 3.02. The van der Waals surface area contributed by atoms with Crippen molar-refractivity contribution in [3.05, 3.63) is 35.3 Å². The number of carbonyl (C=O) groups is 1. The molecule has 6 nitrogen and oxygen atoms in total. The summed E-state index contributed by atoms with van der Waals surface area (Å²) in [5, 5.41) is 3.30. The Labute approximate surface area is 163 Å². The fourth-order valence-electron chi connectivity index (χ4n) is 3.31. The van der Waals surface area contributed by atoms with Crippen molar-refractivity contribution < 1.29 is 9.53 Å². The average molecular weight is 375 g/mol. The lowest BCUT2D eigenvalue weighted by molar-refractivity contribution is 0.00494. The van der Waals surface area contributed by atoms with Crippen LogP contribution in [-0.4, -0.2) is 53.0 Å². The molecule has 0 spiro atoms. The fourth-order valence-corrected chi connectivity index (χ4v) is 3.31. The second-order valence-electron chi connectivity index (χ2n) is 8.17. The quantitative estimate of drug-likeness (QED) is 0.810. The molecular weight excluding hydrogens is 340 g/mol. The van der Waals surface area contributed by atoms with Crippen LogP contribution in [0.25, 0.3) is 0 Å². The topological polar surface area (TPSA) is 57.2 Å². The van der Waals surface area contributed by atoms with Gasteiger partial charge in [-0.25, -0.2) is 9.79 Å². The molecule has 1 atom stereocenters. The van der Waals surface area contributed by atoms with Crippen LogP contribution < -0.4 is 5.32 Å². The first-order valence-electron chi connectivity index (χ1n) is 9.76. The van der Waals surface area contributed by atoms with Crippen LogP contribution in [-0.2, 0) is 4.74 Å². The zero-order valence-corrected chi connectivity index (χ0v) is 17.8. The fraction of sp³-hybridized carbons (Fsp3) is 0.619. The number of ether oxygens (including phenoxy) is 1. The van der Waals surface area contributed by atoms with E-state index < -0.39 is 5.60 Å². The van der Waals surface area contributed by atoms with E-state index in [9.17, 15) is 4.79 Å². The van der Waals surface area contributed by atoms with Gasteiger partial charge >= 0.3 is 6.09 Å². The Bertz CT molecular complexity index is 683. The summed E-state index contributed by atoms with van der Waals surface area (Å²) in [6.45, 7) is 16.3. The van der Waals surface area contributed by atoms with Crippen molar-refractivity contribution >= 4 is 11.9 Å². The highest BCUT2D eigenvalue weighted by molar-refractivity contribution is 6.05. The van der Waals surface area contributed by atoms with Gasteiger partial charge in [0.05, 0.1) is 0 Å². The van der Waals surface area contributed by atoms with Crippen LogP contribution in [0.3, 0.4) is 0 Å². The van der Waals surface area contributed by atoms with E-state index in [1.54, 1.807) is 0 Å². The summed E-state index contributed by atoms with van der Waals surface area (Å²) >= 11 is 0. The maximum Gasteiger partial charge on any atom is 0.410 e. The number of hydrogen-bond acceptors (Lipinski definition) is 5. The molecule has 2 heterocycles. The minimum atomic E-state index is -0.472. The molecule has 1 N–H and O–H groups in total. The summed E-state index contributed by atoms with van der Waals surface area (Å²) < 4.78 is 5.54. The van der Waals surface area contributed by atoms with Gasteiger partial charge in [-0.05, 0) is 59.7 Å². The van der Waals surface area contributed by atoms with Crippen LogP contribution in [0.1, 0.15) is 54.9 Å². The van der Waals surface area contributed by atoms with Crippen LogP contribution in [0, 0.1) is 0 Å². The molecule has 2 aliphatic heterocycles. The lowest BCUT2D eigenvalue weighted by Crippen LogP contribution is -2.54. The van der Waals surface area contributed by atoms with E-state index >= 15 is 0 Å². The van der Waals surface area contributed by atoms with E-state index in [4.69, 9.17) is 4.74 Å². The standard InChI is InChI=1S/C21H34N4O2/c1-8-9-10-22-19-18(15(2)13-23-19)17(4)24-11-12-25(16(3)14-24)20(26)27-21(5,6)7/h9-10,13,16H,8,11-12,14H2,1-7H3,(H,22,23)/b10-9+,18-17+. The molecule has 0 aromatic heterocycles. The second-order valence-corrected chi connectivity index (χ2v) is 8.17. The van der Waals surface area contributed by atoms with Gasteiger partial charge in [-0.1, -0.05) is 13.0 Å². The van der Waals surface area contributed by atoms with Crippen molar-refractivity contribution in [3.63, 3.8) is 0 Å². The largest absolute Gasteiger partial charge is 0.444 e. The number of allylic oxidation sites excluding steroid dienone is 2. The highest BCUT2D eigenvalue weighted by Gasteiger charge is 2.32. The van der Waals surface area contributed by atoms with E-state index in [1.807, 2.05) is 38.1 Å². The molecule has 0 aromatic carbocycles. The lowest BCUT2D eigenvalue weighted by atomic mass is 10.0. The predicted octanol–water partition coefficient (Wildman–Crippen LogP) is 4.03. The normalized spacial score (nSPS) is 22.7. The molecule has 0 radical (unpaired) electrons. The smallest absolute Gasteiger partial charge is 0.410 e. The maximum absolute atomic E-state index is 12.4. The Morgan fingerprint density at radius 1 is 1.41 bits per heavy atom. The molecule has 0 saturated carbocycles. The number of piperazine rings is 1. The van der Waals surface area contributed by atoms with Crippen molar-refractivity contribution in [2.75, 3.05) is 19.6 Å². The van der Waals surface area contributed by atoms with Crippen LogP contribution in [0.15, 0.2) is 40.3 Å². The monoisotopic (exact) mass is 374 g/mol. The third-order valence-electron chi connectivity index (χ3n) is 4.68. The van der Waals surface area contributed by atoms with Crippen molar-refractivity contribution in [1.29, 1.82) is 0 Å². The van der Waals surface area contributed by atoms with E-state index in [0.29, 0.717) is 6.54 Å². The van der Waals surface area contributed by atoms with Gasteiger partial charge < -0.3 is 19.9 Å².